The fourth-order valence-electron chi connectivity index (χ4n) is 4.33. The van der Waals surface area contributed by atoms with E-state index in [4.69, 9.17) is 26.2 Å². The van der Waals surface area contributed by atoms with E-state index in [0.29, 0.717) is 39.3 Å². The smallest absolute Gasteiger partial charge is 0.254 e. The Morgan fingerprint density at radius 1 is 0.900 bits per heavy atom. The van der Waals surface area contributed by atoms with Crippen molar-refractivity contribution in [1.29, 1.82) is 0 Å². The Balaban J connectivity index is 1.58. The lowest BCUT2D eigenvalue weighted by Gasteiger charge is -2.24. The van der Waals surface area contributed by atoms with E-state index in [2.05, 4.69) is 0 Å². The summed E-state index contributed by atoms with van der Waals surface area (Å²) in [5.74, 6) is 1.22. The minimum Gasteiger partial charge on any atom is -0.497 e. The van der Waals surface area contributed by atoms with Crippen LogP contribution in [0.1, 0.15) is 27.2 Å². The second-order valence-corrected chi connectivity index (χ2v) is 9.63. The highest BCUT2D eigenvalue weighted by molar-refractivity contribution is 6.30. The number of carbonyl (C=O) groups is 1. The molecule has 0 spiro atoms. The van der Waals surface area contributed by atoms with Crippen LogP contribution < -0.4 is 9.47 Å². The summed E-state index contributed by atoms with van der Waals surface area (Å²) < 4.78 is 27.0. The van der Waals surface area contributed by atoms with Crippen molar-refractivity contribution < 1.29 is 18.7 Å². The molecule has 5 aromatic rings. The average Bonchev–Trinajstić information content (AvgIpc) is 3.28. The largest absolute Gasteiger partial charge is 0.497 e. The Morgan fingerprint density at radius 2 is 1.60 bits per heavy atom. The van der Waals surface area contributed by atoms with Crippen LogP contribution in [0.15, 0.2) is 103 Å². The van der Waals surface area contributed by atoms with Gasteiger partial charge < -0.3 is 14.4 Å². The maximum absolute atomic E-state index is 13.7. The minimum atomic E-state index is -0.335. The van der Waals surface area contributed by atoms with Gasteiger partial charge in [-0.1, -0.05) is 48.0 Å². The van der Waals surface area contributed by atoms with E-state index in [9.17, 15) is 9.18 Å². The number of nitrogens with zero attached hydrogens (tertiary/aromatic N) is 3. The first-order valence-corrected chi connectivity index (χ1v) is 13.0. The number of methoxy groups -OCH3 is 1. The molecular weight excluding hydrogens is 529 g/mol. The van der Waals surface area contributed by atoms with Gasteiger partial charge in [-0.05, 0) is 79.2 Å². The first-order chi connectivity index (χ1) is 19.4. The summed E-state index contributed by atoms with van der Waals surface area (Å²) in [7, 11) is 1.60. The highest BCUT2D eigenvalue weighted by Gasteiger charge is 2.25. The van der Waals surface area contributed by atoms with E-state index in [-0.39, 0.29) is 24.8 Å². The van der Waals surface area contributed by atoms with Crippen LogP contribution >= 0.6 is 11.6 Å². The summed E-state index contributed by atoms with van der Waals surface area (Å²) in [6.45, 7) is 2.33. The lowest BCUT2D eigenvalue weighted by atomic mass is 10.1. The number of halogens is 2. The first-order valence-electron chi connectivity index (χ1n) is 12.7. The maximum atomic E-state index is 13.7. The quantitative estimate of drug-likeness (QED) is 0.188. The lowest BCUT2D eigenvalue weighted by Crippen LogP contribution is -2.30. The van der Waals surface area contributed by atoms with Crippen molar-refractivity contribution in [2.45, 2.75) is 20.0 Å². The zero-order valence-corrected chi connectivity index (χ0v) is 22.8. The van der Waals surface area contributed by atoms with Gasteiger partial charge in [-0.2, -0.15) is 5.10 Å². The van der Waals surface area contributed by atoms with Gasteiger partial charge in [0, 0.05) is 17.1 Å². The van der Waals surface area contributed by atoms with Gasteiger partial charge >= 0.3 is 0 Å². The molecule has 0 fully saturated rings. The van der Waals surface area contributed by atoms with Gasteiger partial charge in [0.25, 0.3) is 5.91 Å². The summed E-state index contributed by atoms with van der Waals surface area (Å²) in [4.78, 5) is 15.5. The lowest BCUT2D eigenvalue weighted by molar-refractivity contribution is 0.0729. The average molecular weight is 556 g/mol. The normalized spacial score (nSPS) is 10.8. The van der Waals surface area contributed by atoms with Gasteiger partial charge in [0.05, 0.1) is 30.6 Å². The van der Waals surface area contributed by atoms with Crippen LogP contribution in [0.2, 0.25) is 5.02 Å². The fourth-order valence-corrected chi connectivity index (χ4v) is 4.51. The van der Waals surface area contributed by atoms with Crippen LogP contribution in [0.4, 0.5) is 4.39 Å². The van der Waals surface area contributed by atoms with Crippen LogP contribution in [0.25, 0.3) is 5.69 Å². The van der Waals surface area contributed by atoms with E-state index in [1.54, 1.807) is 65.2 Å². The number of ether oxygens (including phenoxy) is 2. The van der Waals surface area contributed by atoms with Crippen molar-refractivity contribution >= 4 is 17.5 Å². The Hall–Kier alpha value is -4.62. The molecule has 0 N–H and O–H groups in total. The predicted octanol–water partition coefficient (Wildman–Crippen LogP) is 7.62. The number of aromatic nitrogens is 2. The molecule has 0 saturated heterocycles. The van der Waals surface area contributed by atoms with E-state index >= 15 is 0 Å². The van der Waals surface area contributed by atoms with Crippen molar-refractivity contribution in [1.82, 2.24) is 14.7 Å². The Kier molecular flexibility index (Phi) is 8.12. The molecule has 6 nitrogen and oxygen atoms in total. The molecule has 0 radical (unpaired) electrons. The third-order valence-corrected chi connectivity index (χ3v) is 6.64. The van der Waals surface area contributed by atoms with Crippen molar-refractivity contribution in [3.05, 3.63) is 136 Å². The topological polar surface area (TPSA) is 56.6 Å². The third kappa shape index (κ3) is 6.16. The van der Waals surface area contributed by atoms with Gasteiger partial charge in [0.1, 0.15) is 17.3 Å². The molecule has 0 aliphatic rings. The summed E-state index contributed by atoms with van der Waals surface area (Å²) >= 11 is 6.31. The molecule has 202 valence electrons. The summed E-state index contributed by atoms with van der Waals surface area (Å²) in [5, 5.41) is 5.33. The SMILES string of the molecule is COc1ccc(Oc2c(CN(Cc3ccc(F)cc3)C(=O)c3ccccc3)c(C)nn2-c2cccc(Cl)c2)cc1. The Morgan fingerprint density at radius 3 is 2.27 bits per heavy atom. The predicted molar refractivity (Wildman–Crippen MR) is 153 cm³/mol. The van der Waals surface area contributed by atoms with E-state index in [0.717, 1.165) is 11.1 Å². The molecule has 0 unspecified atom stereocenters. The second-order valence-electron chi connectivity index (χ2n) is 9.19. The molecule has 0 atom stereocenters. The fraction of sp³-hybridized carbons (Fsp3) is 0.125. The van der Waals surface area contributed by atoms with Crippen LogP contribution in [0.3, 0.4) is 0 Å². The maximum Gasteiger partial charge on any atom is 0.254 e. The minimum absolute atomic E-state index is 0.171. The third-order valence-electron chi connectivity index (χ3n) is 6.41. The molecule has 40 heavy (non-hydrogen) atoms. The molecule has 1 heterocycles. The van der Waals surface area contributed by atoms with Crippen LogP contribution in [-0.2, 0) is 13.1 Å². The van der Waals surface area contributed by atoms with Gasteiger partial charge in [-0.25, -0.2) is 9.07 Å². The summed E-state index contributed by atoms with van der Waals surface area (Å²) in [6.07, 6.45) is 0. The second kappa shape index (κ2) is 12.1. The van der Waals surface area contributed by atoms with Crippen molar-refractivity contribution in [2.75, 3.05) is 7.11 Å². The molecule has 5 rings (SSSR count). The number of hydrogen-bond donors (Lipinski definition) is 0. The van der Waals surface area contributed by atoms with Gasteiger partial charge in [0.2, 0.25) is 5.88 Å². The number of carbonyl (C=O) groups excluding carboxylic acids is 1. The van der Waals surface area contributed by atoms with Crippen LogP contribution in [0.5, 0.6) is 17.4 Å². The highest BCUT2D eigenvalue weighted by atomic mass is 35.5. The van der Waals surface area contributed by atoms with Gasteiger partial charge in [0.15, 0.2) is 0 Å². The molecule has 0 saturated carbocycles. The van der Waals surface area contributed by atoms with Crippen LogP contribution in [-0.4, -0.2) is 27.7 Å². The van der Waals surface area contributed by atoms with Crippen molar-refractivity contribution in [2.24, 2.45) is 0 Å². The summed E-state index contributed by atoms with van der Waals surface area (Å²) in [6, 6.07) is 29.7. The monoisotopic (exact) mass is 555 g/mol. The molecule has 0 bridgehead atoms. The molecular formula is C32H27ClFN3O3. The number of aryl methyl sites for hydroxylation is 1. The molecule has 0 aliphatic heterocycles. The zero-order chi connectivity index (χ0) is 28.1. The molecule has 0 aliphatic carbocycles. The Labute approximate surface area is 237 Å². The van der Waals surface area contributed by atoms with Crippen molar-refractivity contribution in [3.8, 4) is 23.1 Å². The molecule has 8 heteroatoms. The van der Waals surface area contributed by atoms with Gasteiger partial charge in [-0.3, -0.25) is 4.79 Å². The number of hydrogen-bond acceptors (Lipinski definition) is 4. The molecule has 1 aromatic heterocycles. The van der Waals surface area contributed by atoms with Crippen molar-refractivity contribution in [3.63, 3.8) is 0 Å². The number of amides is 1. The van der Waals surface area contributed by atoms with Crippen LogP contribution in [0, 0.1) is 12.7 Å². The number of rotatable bonds is 9. The Bertz CT molecular complexity index is 1600. The number of benzene rings is 4. The first kappa shape index (κ1) is 27.0. The molecule has 4 aromatic carbocycles. The van der Waals surface area contributed by atoms with E-state index < -0.39 is 0 Å². The van der Waals surface area contributed by atoms with E-state index in [1.165, 1.54) is 12.1 Å². The van der Waals surface area contributed by atoms with E-state index in [1.807, 2.05) is 49.4 Å². The highest BCUT2D eigenvalue weighted by Crippen LogP contribution is 2.33. The standard InChI is InChI=1S/C32H27ClFN3O3/c1-22-30(21-36(20-23-11-13-26(34)14-12-23)31(38)24-7-4-3-5-8-24)32(40-29-17-15-28(39-2)16-18-29)37(35-22)27-10-6-9-25(33)19-27/h3-19H,20-21H2,1-2H3. The van der Waals surface area contributed by atoms with Gasteiger partial charge in [-0.15, -0.1) is 0 Å². The zero-order valence-electron chi connectivity index (χ0n) is 22.1. The molecule has 1 amide bonds. The summed E-state index contributed by atoms with van der Waals surface area (Å²) in [5.41, 5.74) is 3.46.